The van der Waals surface area contributed by atoms with Crippen molar-refractivity contribution in [1.82, 2.24) is 14.9 Å². The Labute approximate surface area is 151 Å². The van der Waals surface area contributed by atoms with Crippen LogP contribution in [0.3, 0.4) is 0 Å². The first-order valence-electron chi connectivity index (χ1n) is 8.71. The second kappa shape index (κ2) is 7.59. The summed E-state index contributed by atoms with van der Waals surface area (Å²) < 4.78 is 5.96. The maximum absolute atomic E-state index is 12.8. The Morgan fingerprint density at radius 3 is 3.16 bits per heavy atom. The maximum atomic E-state index is 12.8. The summed E-state index contributed by atoms with van der Waals surface area (Å²) >= 11 is 1.73. The van der Waals surface area contributed by atoms with Crippen LogP contribution in [-0.2, 0) is 16.1 Å². The van der Waals surface area contributed by atoms with Crippen LogP contribution < -0.4 is 5.32 Å². The molecule has 0 saturated carbocycles. The molecular formula is C18H22N4O2S. The number of ether oxygens (including phenoxy) is 1. The van der Waals surface area contributed by atoms with Gasteiger partial charge in [-0.15, -0.1) is 0 Å². The molecule has 2 aliphatic rings. The van der Waals surface area contributed by atoms with Gasteiger partial charge < -0.3 is 10.1 Å². The van der Waals surface area contributed by atoms with Crippen LogP contribution in [0, 0.1) is 11.8 Å². The number of rotatable bonds is 4. The van der Waals surface area contributed by atoms with E-state index in [9.17, 15) is 4.79 Å². The summed E-state index contributed by atoms with van der Waals surface area (Å²) in [5, 5.41) is 7.23. The molecule has 0 aliphatic carbocycles. The molecule has 1 N–H and O–H groups in total. The second-order valence-electron chi connectivity index (χ2n) is 6.70. The number of amides is 1. The van der Waals surface area contributed by atoms with Gasteiger partial charge in [-0.2, -0.15) is 11.3 Å². The molecule has 1 amide bonds. The van der Waals surface area contributed by atoms with E-state index in [0.717, 1.165) is 32.5 Å². The zero-order valence-electron chi connectivity index (χ0n) is 14.0. The van der Waals surface area contributed by atoms with Crippen LogP contribution >= 0.6 is 11.3 Å². The van der Waals surface area contributed by atoms with E-state index in [4.69, 9.17) is 4.74 Å². The molecule has 2 fully saturated rings. The highest BCUT2D eigenvalue weighted by molar-refractivity contribution is 7.07. The first-order valence-corrected chi connectivity index (χ1v) is 9.66. The molecule has 132 valence electrons. The Hall–Kier alpha value is -1.83. The van der Waals surface area contributed by atoms with Gasteiger partial charge in [-0.05, 0) is 35.2 Å². The monoisotopic (exact) mass is 358 g/mol. The van der Waals surface area contributed by atoms with Crippen molar-refractivity contribution in [1.29, 1.82) is 0 Å². The van der Waals surface area contributed by atoms with E-state index in [1.54, 1.807) is 29.9 Å². The molecule has 2 saturated heterocycles. The summed E-state index contributed by atoms with van der Waals surface area (Å²) in [6.07, 6.45) is 6.71. The molecule has 0 unspecified atom stereocenters. The average molecular weight is 358 g/mol. The fourth-order valence-electron chi connectivity index (χ4n) is 3.88. The van der Waals surface area contributed by atoms with Crippen molar-refractivity contribution in [2.75, 3.05) is 25.0 Å². The van der Waals surface area contributed by atoms with E-state index in [1.165, 1.54) is 5.56 Å². The highest BCUT2D eigenvalue weighted by atomic mass is 32.1. The van der Waals surface area contributed by atoms with Gasteiger partial charge in [0.15, 0.2) is 5.82 Å². The molecule has 2 aliphatic heterocycles. The molecule has 0 bridgehead atoms. The van der Waals surface area contributed by atoms with Gasteiger partial charge in [-0.3, -0.25) is 14.7 Å². The van der Waals surface area contributed by atoms with E-state index in [-0.39, 0.29) is 23.8 Å². The molecule has 7 heteroatoms. The number of nitrogens with one attached hydrogen (secondary N) is 1. The third-order valence-electron chi connectivity index (χ3n) is 5.09. The Morgan fingerprint density at radius 2 is 2.36 bits per heavy atom. The van der Waals surface area contributed by atoms with Crippen LogP contribution in [0.25, 0.3) is 0 Å². The predicted octanol–water partition coefficient (Wildman–Crippen LogP) is 2.40. The standard InChI is InChI=1S/C18H22N4O2S/c23-18(21-17-9-19-4-5-20-17)14-2-7-24-16-1-6-22(11-15(14)16)10-13-3-8-25-12-13/h3-5,8-9,12,14-16H,1-2,6-7,10-11H2,(H,20,21,23)/t14-,15-,16-/m1/s1. The third kappa shape index (κ3) is 3.89. The third-order valence-corrected chi connectivity index (χ3v) is 5.82. The predicted molar refractivity (Wildman–Crippen MR) is 96.2 cm³/mol. The molecule has 0 spiro atoms. The van der Waals surface area contributed by atoms with Crippen LogP contribution in [0.15, 0.2) is 35.4 Å². The summed E-state index contributed by atoms with van der Waals surface area (Å²) in [5.41, 5.74) is 1.35. The normalized spacial score (nSPS) is 26.8. The minimum Gasteiger partial charge on any atom is -0.378 e. The molecule has 3 atom stereocenters. The van der Waals surface area contributed by atoms with Crippen molar-refractivity contribution in [3.05, 3.63) is 41.0 Å². The number of fused-ring (bicyclic) bond motifs is 1. The molecule has 0 radical (unpaired) electrons. The van der Waals surface area contributed by atoms with Crippen molar-refractivity contribution >= 4 is 23.1 Å². The van der Waals surface area contributed by atoms with Crippen molar-refractivity contribution < 1.29 is 9.53 Å². The van der Waals surface area contributed by atoms with Crippen molar-refractivity contribution in [3.8, 4) is 0 Å². The smallest absolute Gasteiger partial charge is 0.229 e. The van der Waals surface area contributed by atoms with Gasteiger partial charge in [0.25, 0.3) is 0 Å². The lowest BCUT2D eigenvalue weighted by atomic mass is 9.79. The van der Waals surface area contributed by atoms with E-state index in [2.05, 4.69) is 37.0 Å². The molecule has 2 aromatic rings. The van der Waals surface area contributed by atoms with E-state index < -0.39 is 0 Å². The highest BCUT2D eigenvalue weighted by Gasteiger charge is 2.41. The fourth-order valence-corrected chi connectivity index (χ4v) is 4.54. The summed E-state index contributed by atoms with van der Waals surface area (Å²) in [6, 6.07) is 2.17. The molecule has 25 heavy (non-hydrogen) atoms. The Morgan fingerprint density at radius 1 is 1.40 bits per heavy atom. The number of anilines is 1. The van der Waals surface area contributed by atoms with Crippen LogP contribution in [0.4, 0.5) is 5.82 Å². The number of carbonyl (C=O) groups is 1. The van der Waals surface area contributed by atoms with Gasteiger partial charge in [0.1, 0.15) is 0 Å². The van der Waals surface area contributed by atoms with Crippen molar-refractivity contribution in [3.63, 3.8) is 0 Å². The van der Waals surface area contributed by atoms with Crippen molar-refractivity contribution in [2.45, 2.75) is 25.5 Å². The Balaban J connectivity index is 1.43. The largest absolute Gasteiger partial charge is 0.378 e. The van der Waals surface area contributed by atoms with Gasteiger partial charge in [0.2, 0.25) is 5.91 Å². The number of hydrogen-bond donors (Lipinski definition) is 1. The van der Waals surface area contributed by atoms with Crippen LogP contribution in [0.5, 0.6) is 0 Å². The summed E-state index contributed by atoms with van der Waals surface area (Å²) in [5.74, 6) is 0.751. The highest BCUT2D eigenvalue weighted by Crippen LogP contribution is 2.34. The molecule has 0 aromatic carbocycles. The zero-order chi connectivity index (χ0) is 17.1. The van der Waals surface area contributed by atoms with Gasteiger partial charge >= 0.3 is 0 Å². The minimum atomic E-state index is -0.0361. The lowest BCUT2D eigenvalue weighted by Crippen LogP contribution is -2.52. The van der Waals surface area contributed by atoms with Gasteiger partial charge in [-0.1, -0.05) is 0 Å². The number of hydrogen-bond acceptors (Lipinski definition) is 6. The second-order valence-corrected chi connectivity index (χ2v) is 7.48. The molecule has 4 heterocycles. The van der Waals surface area contributed by atoms with E-state index in [1.807, 2.05) is 0 Å². The van der Waals surface area contributed by atoms with Crippen LogP contribution in [0.2, 0.25) is 0 Å². The summed E-state index contributed by atoms with van der Waals surface area (Å²) in [7, 11) is 0. The number of aromatic nitrogens is 2. The number of piperidine rings is 1. The maximum Gasteiger partial charge on any atom is 0.229 e. The number of likely N-dealkylation sites (tertiary alicyclic amines) is 1. The van der Waals surface area contributed by atoms with Gasteiger partial charge in [-0.25, -0.2) is 4.98 Å². The number of nitrogens with zero attached hydrogens (tertiary/aromatic N) is 3. The first-order chi connectivity index (χ1) is 12.3. The van der Waals surface area contributed by atoms with Crippen LogP contribution in [-0.4, -0.2) is 46.6 Å². The molecule has 4 rings (SSSR count). The average Bonchev–Trinajstić information content (AvgIpc) is 3.15. The number of thiophene rings is 1. The fraction of sp³-hybridized carbons (Fsp3) is 0.500. The van der Waals surface area contributed by atoms with Crippen molar-refractivity contribution in [2.24, 2.45) is 11.8 Å². The lowest BCUT2D eigenvalue weighted by molar-refractivity contribution is -0.137. The number of carbonyl (C=O) groups excluding carboxylic acids is 1. The Bertz CT molecular complexity index is 694. The topological polar surface area (TPSA) is 67.3 Å². The van der Waals surface area contributed by atoms with E-state index in [0.29, 0.717) is 12.4 Å². The molecule has 2 aromatic heterocycles. The Kier molecular flexibility index (Phi) is 5.05. The van der Waals surface area contributed by atoms with Crippen LogP contribution in [0.1, 0.15) is 18.4 Å². The quantitative estimate of drug-likeness (QED) is 0.909. The minimum absolute atomic E-state index is 0.0361. The SMILES string of the molecule is O=C(Nc1cnccn1)[C@@H]1CCO[C@@H]2CCN(Cc3ccsc3)C[C@@H]21. The summed E-state index contributed by atoms with van der Waals surface area (Å²) in [4.78, 5) is 23.4. The zero-order valence-corrected chi connectivity index (χ0v) is 14.8. The van der Waals surface area contributed by atoms with Gasteiger partial charge in [0, 0.05) is 50.5 Å². The molecular weight excluding hydrogens is 336 g/mol. The molecule has 6 nitrogen and oxygen atoms in total. The summed E-state index contributed by atoms with van der Waals surface area (Å²) in [6.45, 7) is 3.53. The van der Waals surface area contributed by atoms with Gasteiger partial charge in [0.05, 0.1) is 12.3 Å². The lowest BCUT2D eigenvalue weighted by Gasteiger charge is -2.44. The van der Waals surface area contributed by atoms with E-state index >= 15 is 0 Å². The first kappa shape index (κ1) is 16.6.